The predicted molar refractivity (Wildman–Crippen MR) is 170 cm³/mol. The Labute approximate surface area is 259 Å². The lowest BCUT2D eigenvalue weighted by Gasteiger charge is -2.49. The number of halogens is 1. The van der Waals surface area contributed by atoms with Gasteiger partial charge in [0.05, 0.1) is 24.4 Å². The second kappa shape index (κ2) is 13.7. The average molecular weight is 602 g/mol. The number of hydrogen-bond acceptors (Lipinski definition) is 6. The molecule has 3 aliphatic rings. The van der Waals surface area contributed by atoms with E-state index in [1.54, 1.807) is 12.1 Å². The molecule has 0 atom stereocenters. The van der Waals surface area contributed by atoms with Crippen molar-refractivity contribution < 1.29 is 23.8 Å². The average Bonchev–Trinajstić information content (AvgIpc) is 3.02. The number of nitrogens with zero attached hydrogens (tertiary/aromatic N) is 2. The SMILES string of the molecule is Cc1nc(CNC2CCOCC2)c(-c2ccc(OCCc3ccc(F)cc3)cc2)c(N2CCC3(CCC3)CC2)c1CC(=O)O. The fourth-order valence-electron chi connectivity index (χ4n) is 7.11. The molecule has 234 valence electrons. The molecule has 2 saturated heterocycles. The van der Waals surface area contributed by atoms with Crippen LogP contribution in [0.1, 0.15) is 67.5 Å². The Morgan fingerprint density at radius 1 is 1.07 bits per heavy atom. The van der Waals surface area contributed by atoms with Crippen molar-refractivity contribution in [1.29, 1.82) is 0 Å². The Bertz CT molecular complexity index is 1420. The highest BCUT2D eigenvalue weighted by Gasteiger charge is 2.40. The van der Waals surface area contributed by atoms with Gasteiger partial charge in [-0.15, -0.1) is 0 Å². The number of aromatic nitrogens is 1. The first-order valence-electron chi connectivity index (χ1n) is 16.2. The molecule has 0 radical (unpaired) electrons. The van der Waals surface area contributed by atoms with Gasteiger partial charge >= 0.3 is 5.97 Å². The van der Waals surface area contributed by atoms with Crippen molar-refractivity contribution in [2.24, 2.45) is 5.41 Å². The summed E-state index contributed by atoms with van der Waals surface area (Å²) in [7, 11) is 0. The number of carboxylic acid groups (broad SMARTS) is 1. The van der Waals surface area contributed by atoms with Gasteiger partial charge < -0.3 is 24.8 Å². The summed E-state index contributed by atoms with van der Waals surface area (Å²) >= 11 is 0. The van der Waals surface area contributed by atoms with Gasteiger partial charge in [-0.05, 0) is 86.3 Å². The lowest BCUT2D eigenvalue weighted by molar-refractivity contribution is -0.136. The van der Waals surface area contributed by atoms with Gasteiger partial charge in [0.25, 0.3) is 0 Å². The molecular weight excluding hydrogens is 557 g/mol. The van der Waals surface area contributed by atoms with E-state index in [4.69, 9.17) is 14.5 Å². The second-order valence-corrected chi connectivity index (χ2v) is 12.8. The van der Waals surface area contributed by atoms with Crippen LogP contribution in [0, 0.1) is 18.2 Å². The zero-order chi connectivity index (χ0) is 30.5. The molecule has 1 spiro atoms. The van der Waals surface area contributed by atoms with Crippen LogP contribution in [0.25, 0.3) is 11.1 Å². The van der Waals surface area contributed by atoms with Crippen LogP contribution in [0.2, 0.25) is 0 Å². The lowest BCUT2D eigenvalue weighted by atomic mass is 9.63. The lowest BCUT2D eigenvalue weighted by Crippen LogP contribution is -2.44. The summed E-state index contributed by atoms with van der Waals surface area (Å²) < 4.78 is 24.9. The van der Waals surface area contributed by atoms with Crippen molar-refractivity contribution in [2.45, 2.75) is 77.3 Å². The molecule has 0 amide bonds. The van der Waals surface area contributed by atoms with Crippen molar-refractivity contribution in [3.63, 3.8) is 0 Å². The number of hydrogen-bond donors (Lipinski definition) is 2. The zero-order valence-electron chi connectivity index (χ0n) is 25.7. The maximum Gasteiger partial charge on any atom is 0.307 e. The van der Waals surface area contributed by atoms with E-state index < -0.39 is 5.97 Å². The Balaban J connectivity index is 1.31. The van der Waals surface area contributed by atoms with Crippen LogP contribution in [0.4, 0.5) is 10.1 Å². The Morgan fingerprint density at radius 3 is 2.41 bits per heavy atom. The summed E-state index contributed by atoms with van der Waals surface area (Å²) in [6.07, 6.45) is 8.82. The molecule has 3 aromatic rings. The van der Waals surface area contributed by atoms with E-state index >= 15 is 0 Å². The molecule has 0 unspecified atom stereocenters. The molecule has 1 aliphatic carbocycles. The standard InChI is InChI=1S/C36H44FN3O4/c1-25-31(23-33(41)42)35(40-18-16-36(17-19-40)14-2-15-36)34(32(39-25)24-38-29-12-20-43-21-13-29)27-5-9-30(10-6-27)44-22-11-26-3-7-28(37)8-4-26/h3-10,29,38H,2,11-24H2,1H3,(H,41,42). The first kappa shape index (κ1) is 30.5. The van der Waals surface area contributed by atoms with E-state index in [-0.39, 0.29) is 12.2 Å². The third-order valence-corrected chi connectivity index (χ3v) is 9.93. The number of benzene rings is 2. The topological polar surface area (TPSA) is 83.9 Å². The minimum atomic E-state index is -0.840. The van der Waals surface area contributed by atoms with Crippen molar-refractivity contribution in [3.8, 4) is 16.9 Å². The van der Waals surface area contributed by atoms with Crippen molar-refractivity contribution in [1.82, 2.24) is 10.3 Å². The molecule has 1 saturated carbocycles. The van der Waals surface area contributed by atoms with E-state index in [9.17, 15) is 14.3 Å². The first-order chi connectivity index (χ1) is 21.4. The van der Waals surface area contributed by atoms with Crippen LogP contribution in [0.3, 0.4) is 0 Å². The number of anilines is 1. The molecule has 8 heteroatoms. The van der Waals surface area contributed by atoms with Gasteiger partial charge in [-0.2, -0.15) is 0 Å². The van der Waals surface area contributed by atoms with Gasteiger partial charge in [0.15, 0.2) is 0 Å². The smallest absolute Gasteiger partial charge is 0.307 e. The maximum atomic E-state index is 13.3. The van der Waals surface area contributed by atoms with E-state index in [0.29, 0.717) is 31.0 Å². The van der Waals surface area contributed by atoms with Gasteiger partial charge in [0.2, 0.25) is 0 Å². The highest BCUT2D eigenvalue weighted by Crippen LogP contribution is 2.50. The van der Waals surface area contributed by atoms with Crippen LogP contribution in [-0.4, -0.2) is 55.0 Å². The van der Waals surface area contributed by atoms with Crippen molar-refractivity contribution in [3.05, 3.63) is 76.9 Å². The summed E-state index contributed by atoms with van der Waals surface area (Å²) in [5, 5.41) is 13.7. The number of aryl methyl sites for hydroxylation is 1. The van der Waals surface area contributed by atoms with Crippen LogP contribution in [0.5, 0.6) is 5.75 Å². The molecule has 2 aromatic carbocycles. The third kappa shape index (κ3) is 7.08. The van der Waals surface area contributed by atoms with Gasteiger partial charge in [-0.25, -0.2) is 4.39 Å². The van der Waals surface area contributed by atoms with Crippen LogP contribution < -0.4 is 15.0 Å². The molecule has 3 fully saturated rings. The second-order valence-electron chi connectivity index (χ2n) is 12.8. The van der Waals surface area contributed by atoms with Crippen molar-refractivity contribution in [2.75, 3.05) is 37.8 Å². The summed E-state index contributed by atoms with van der Waals surface area (Å²) in [4.78, 5) is 19.6. The molecule has 1 aromatic heterocycles. The normalized spacial score (nSPS) is 18.3. The van der Waals surface area contributed by atoms with Gasteiger partial charge in [0, 0.05) is 62.1 Å². The highest BCUT2D eigenvalue weighted by atomic mass is 19.1. The van der Waals surface area contributed by atoms with Crippen LogP contribution >= 0.6 is 0 Å². The van der Waals surface area contributed by atoms with Crippen LogP contribution in [-0.2, 0) is 28.9 Å². The number of pyridine rings is 1. The molecule has 2 N–H and O–H groups in total. The monoisotopic (exact) mass is 601 g/mol. The number of ether oxygens (including phenoxy) is 2. The van der Waals surface area contributed by atoms with Gasteiger partial charge in [-0.3, -0.25) is 9.78 Å². The molecular formula is C36H44FN3O4. The molecule has 7 nitrogen and oxygen atoms in total. The summed E-state index contributed by atoms with van der Waals surface area (Å²) in [6, 6.07) is 15.0. The number of carbonyl (C=O) groups is 1. The van der Waals surface area contributed by atoms with E-state index in [1.807, 2.05) is 19.1 Å². The minimum absolute atomic E-state index is 0.0545. The van der Waals surface area contributed by atoms with Gasteiger partial charge in [-0.1, -0.05) is 30.7 Å². The predicted octanol–water partition coefficient (Wildman–Crippen LogP) is 6.48. The fraction of sp³-hybridized carbons (Fsp3) is 0.500. The number of nitrogens with one attached hydrogen (secondary N) is 1. The molecule has 6 rings (SSSR count). The zero-order valence-corrected chi connectivity index (χ0v) is 25.7. The van der Waals surface area contributed by atoms with Crippen molar-refractivity contribution >= 4 is 11.7 Å². The minimum Gasteiger partial charge on any atom is -0.493 e. The largest absolute Gasteiger partial charge is 0.493 e. The quantitative estimate of drug-likeness (QED) is 0.260. The molecule has 2 aliphatic heterocycles. The van der Waals surface area contributed by atoms with Gasteiger partial charge in [0.1, 0.15) is 11.6 Å². The molecule has 0 bridgehead atoms. The van der Waals surface area contributed by atoms with Crippen LogP contribution in [0.15, 0.2) is 48.5 Å². The maximum absolute atomic E-state index is 13.3. The molecule has 44 heavy (non-hydrogen) atoms. The van der Waals surface area contributed by atoms with E-state index in [2.05, 4.69) is 22.3 Å². The number of carboxylic acids is 1. The summed E-state index contributed by atoms with van der Waals surface area (Å²) in [5.41, 5.74) is 7.12. The molecule has 3 heterocycles. The number of aliphatic carboxylic acids is 1. The summed E-state index contributed by atoms with van der Waals surface area (Å²) in [5.74, 6) is -0.321. The Kier molecular flexibility index (Phi) is 9.47. The third-order valence-electron chi connectivity index (χ3n) is 9.93. The summed E-state index contributed by atoms with van der Waals surface area (Å²) in [6.45, 7) is 6.44. The number of piperidine rings is 1. The first-order valence-corrected chi connectivity index (χ1v) is 16.2. The highest BCUT2D eigenvalue weighted by molar-refractivity contribution is 5.86. The Hall–Kier alpha value is -3.49. The Morgan fingerprint density at radius 2 is 1.77 bits per heavy atom. The van der Waals surface area contributed by atoms with E-state index in [1.165, 1.54) is 31.4 Å². The van der Waals surface area contributed by atoms with E-state index in [0.717, 1.165) is 97.1 Å². The fourth-order valence-corrected chi connectivity index (χ4v) is 7.11. The number of rotatable bonds is 11.